The van der Waals surface area contributed by atoms with Crippen LogP contribution in [0.25, 0.3) is 0 Å². The molecule has 0 spiro atoms. The highest BCUT2D eigenvalue weighted by Gasteiger charge is 2.02. The average Bonchev–Trinajstić information content (AvgIpc) is 2.47. The van der Waals surface area contributed by atoms with Crippen molar-refractivity contribution in [2.24, 2.45) is 0 Å². The molecule has 0 aliphatic rings. The van der Waals surface area contributed by atoms with Crippen molar-refractivity contribution in [3.8, 4) is 11.8 Å². The number of rotatable bonds is 5. The van der Waals surface area contributed by atoms with Gasteiger partial charge in [-0.3, -0.25) is 0 Å². The molecule has 3 nitrogen and oxygen atoms in total. The van der Waals surface area contributed by atoms with Crippen molar-refractivity contribution in [2.45, 2.75) is 6.54 Å². The van der Waals surface area contributed by atoms with Crippen molar-refractivity contribution in [3.63, 3.8) is 0 Å². The Labute approximate surface area is 125 Å². The minimum absolute atomic E-state index is 0.0286. The van der Waals surface area contributed by atoms with Crippen LogP contribution >= 0.6 is 15.9 Å². The lowest BCUT2D eigenvalue weighted by molar-refractivity contribution is 0.368. The highest BCUT2D eigenvalue weighted by atomic mass is 79.9. The normalized spacial score (nSPS) is 9.85. The maximum absolute atomic E-state index is 13.5. The predicted molar refractivity (Wildman–Crippen MR) is 79.0 cm³/mol. The summed E-state index contributed by atoms with van der Waals surface area (Å²) >= 11 is 3.31. The second-order valence-electron chi connectivity index (χ2n) is 4.07. The lowest BCUT2D eigenvalue weighted by Gasteiger charge is -2.09. The summed E-state index contributed by atoms with van der Waals surface area (Å²) in [7, 11) is 0. The fourth-order valence-corrected chi connectivity index (χ4v) is 2.01. The molecule has 0 aliphatic carbocycles. The molecule has 0 aromatic heterocycles. The molecule has 0 bridgehead atoms. The van der Waals surface area contributed by atoms with E-state index in [4.69, 9.17) is 10.00 Å². The number of hydrogen-bond donors (Lipinski definition) is 1. The summed E-state index contributed by atoms with van der Waals surface area (Å²) < 4.78 is 19.5. The van der Waals surface area contributed by atoms with Gasteiger partial charge >= 0.3 is 0 Å². The summed E-state index contributed by atoms with van der Waals surface area (Å²) in [5, 5.41) is 11.5. The number of halogens is 2. The smallest absolute Gasteiger partial charge is 0.174 e. The summed E-state index contributed by atoms with van der Waals surface area (Å²) in [5.41, 5.74) is 1.44. The number of nitrogens with one attached hydrogen (secondary N) is 1. The first-order valence-electron chi connectivity index (χ1n) is 5.96. The first-order chi connectivity index (χ1) is 9.69. The van der Waals surface area contributed by atoms with Gasteiger partial charge in [0.15, 0.2) is 6.61 Å². The summed E-state index contributed by atoms with van der Waals surface area (Å²) in [6.07, 6.45) is 0. The lowest BCUT2D eigenvalue weighted by Crippen LogP contribution is -2.01. The number of nitrogens with zero attached hydrogens (tertiary/aromatic N) is 1. The maximum Gasteiger partial charge on any atom is 0.174 e. The molecule has 102 valence electrons. The van der Waals surface area contributed by atoms with Gasteiger partial charge in [0.05, 0.1) is 5.69 Å². The zero-order chi connectivity index (χ0) is 14.4. The van der Waals surface area contributed by atoms with Gasteiger partial charge in [-0.1, -0.05) is 28.1 Å². The number of hydrogen-bond acceptors (Lipinski definition) is 3. The van der Waals surface area contributed by atoms with Crippen LogP contribution in [0.5, 0.6) is 5.75 Å². The summed E-state index contributed by atoms with van der Waals surface area (Å²) in [4.78, 5) is 0. The van der Waals surface area contributed by atoms with E-state index in [0.717, 1.165) is 10.0 Å². The molecule has 0 radical (unpaired) electrons. The van der Waals surface area contributed by atoms with E-state index in [1.165, 1.54) is 6.07 Å². The molecule has 0 unspecified atom stereocenters. The maximum atomic E-state index is 13.5. The molecule has 0 aliphatic heterocycles. The highest BCUT2D eigenvalue weighted by molar-refractivity contribution is 9.10. The number of benzene rings is 2. The monoisotopic (exact) mass is 334 g/mol. The molecular weight excluding hydrogens is 323 g/mol. The van der Waals surface area contributed by atoms with Gasteiger partial charge in [-0.05, 0) is 35.9 Å². The fraction of sp³-hybridized carbons (Fsp3) is 0.133. The molecule has 0 atom stereocenters. The Morgan fingerprint density at radius 3 is 2.65 bits per heavy atom. The van der Waals surface area contributed by atoms with Crippen molar-refractivity contribution in [1.29, 1.82) is 5.26 Å². The Morgan fingerprint density at radius 2 is 1.95 bits per heavy atom. The largest absolute Gasteiger partial charge is 0.479 e. The van der Waals surface area contributed by atoms with E-state index in [1.807, 2.05) is 18.2 Å². The van der Waals surface area contributed by atoms with E-state index < -0.39 is 0 Å². The molecule has 2 aromatic rings. The van der Waals surface area contributed by atoms with Crippen molar-refractivity contribution >= 4 is 21.6 Å². The zero-order valence-electron chi connectivity index (χ0n) is 10.6. The number of anilines is 1. The fourth-order valence-electron chi connectivity index (χ4n) is 1.65. The molecule has 0 heterocycles. The van der Waals surface area contributed by atoms with Crippen LogP contribution < -0.4 is 10.1 Å². The van der Waals surface area contributed by atoms with E-state index in [9.17, 15) is 4.39 Å². The lowest BCUT2D eigenvalue weighted by atomic mass is 10.2. The molecule has 1 N–H and O–H groups in total. The molecule has 0 saturated carbocycles. The quantitative estimate of drug-likeness (QED) is 0.895. The SMILES string of the molecule is N#CCOc1ccc(CNc2cc(Br)ccc2F)cc1. The van der Waals surface area contributed by atoms with Crippen LogP contribution in [0.15, 0.2) is 46.9 Å². The molecule has 0 saturated heterocycles. The summed E-state index contributed by atoms with van der Waals surface area (Å²) in [5.74, 6) is 0.353. The first-order valence-corrected chi connectivity index (χ1v) is 6.76. The van der Waals surface area contributed by atoms with Gasteiger partial charge in [0, 0.05) is 11.0 Å². The van der Waals surface area contributed by atoms with E-state index >= 15 is 0 Å². The first kappa shape index (κ1) is 14.4. The van der Waals surface area contributed by atoms with Crippen LogP contribution in [0.2, 0.25) is 0 Å². The molecule has 0 fully saturated rings. The molecular formula is C15H12BrFN2O. The average molecular weight is 335 g/mol. The third kappa shape index (κ3) is 3.97. The van der Waals surface area contributed by atoms with Gasteiger partial charge in [-0.15, -0.1) is 0 Å². The Balaban J connectivity index is 1.97. The molecule has 5 heteroatoms. The van der Waals surface area contributed by atoms with Crippen molar-refractivity contribution in [1.82, 2.24) is 0 Å². The van der Waals surface area contributed by atoms with Gasteiger partial charge < -0.3 is 10.1 Å². The Bertz CT molecular complexity index is 623. The third-order valence-electron chi connectivity index (χ3n) is 2.64. The van der Waals surface area contributed by atoms with E-state index in [2.05, 4.69) is 21.2 Å². The summed E-state index contributed by atoms with van der Waals surface area (Å²) in [6, 6.07) is 14.0. The number of ether oxygens (including phenoxy) is 1. The second kappa shape index (κ2) is 6.92. The highest BCUT2D eigenvalue weighted by Crippen LogP contribution is 2.21. The van der Waals surface area contributed by atoms with Gasteiger partial charge in [0.25, 0.3) is 0 Å². The second-order valence-corrected chi connectivity index (χ2v) is 4.98. The van der Waals surface area contributed by atoms with Gasteiger partial charge in [0.2, 0.25) is 0 Å². The van der Waals surface area contributed by atoms with Crippen LogP contribution in [0, 0.1) is 17.1 Å². The Kier molecular flexibility index (Phi) is 4.97. The van der Waals surface area contributed by atoms with Crippen molar-refractivity contribution < 1.29 is 9.13 Å². The Hall–Kier alpha value is -2.06. The standard InChI is InChI=1S/C15H12BrFN2O/c16-12-3-6-14(17)15(9-12)19-10-11-1-4-13(5-2-11)20-8-7-18/h1-6,9,19H,8,10H2. The topological polar surface area (TPSA) is 45.0 Å². The van der Waals surface area contributed by atoms with Crippen LogP contribution in [0.1, 0.15) is 5.56 Å². The van der Waals surface area contributed by atoms with E-state index in [-0.39, 0.29) is 12.4 Å². The minimum Gasteiger partial charge on any atom is -0.479 e. The predicted octanol–water partition coefficient (Wildman–Crippen LogP) is 4.10. The van der Waals surface area contributed by atoms with Gasteiger partial charge in [-0.25, -0.2) is 4.39 Å². The van der Waals surface area contributed by atoms with Crippen LogP contribution in [0.4, 0.5) is 10.1 Å². The van der Waals surface area contributed by atoms with E-state index in [0.29, 0.717) is 18.0 Å². The third-order valence-corrected chi connectivity index (χ3v) is 3.13. The molecule has 2 aromatic carbocycles. The molecule has 2 rings (SSSR count). The van der Waals surface area contributed by atoms with Crippen LogP contribution in [-0.2, 0) is 6.54 Å². The van der Waals surface area contributed by atoms with Crippen molar-refractivity contribution in [3.05, 3.63) is 58.3 Å². The van der Waals surface area contributed by atoms with E-state index in [1.54, 1.807) is 24.3 Å². The van der Waals surface area contributed by atoms with Crippen LogP contribution in [0.3, 0.4) is 0 Å². The van der Waals surface area contributed by atoms with Gasteiger partial charge in [0.1, 0.15) is 17.6 Å². The zero-order valence-corrected chi connectivity index (χ0v) is 12.2. The minimum atomic E-state index is -0.290. The number of nitriles is 1. The van der Waals surface area contributed by atoms with Crippen LogP contribution in [-0.4, -0.2) is 6.61 Å². The van der Waals surface area contributed by atoms with Crippen molar-refractivity contribution in [2.75, 3.05) is 11.9 Å². The summed E-state index contributed by atoms with van der Waals surface area (Å²) in [6.45, 7) is 0.534. The molecule has 20 heavy (non-hydrogen) atoms. The van der Waals surface area contributed by atoms with Gasteiger partial charge in [-0.2, -0.15) is 5.26 Å². The molecule has 0 amide bonds. The Morgan fingerprint density at radius 1 is 1.20 bits per heavy atom.